The van der Waals surface area contributed by atoms with Crippen LogP contribution in [0.5, 0.6) is 11.5 Å². The second-order valence-corrected chi connectivity index (χ2v) is 5.46. The van der Waals surface area contributed by atoms with E-state index < -0.39 is 0 Å². The number of halogens is 1. The number of methoxy groups -OCH3 is 1. The number of carbonyl (C=O) groups is 1. The normalized spacial score (nSPS) is 10.7. The SMILES string of the molecule is COc1cc(/C=N/NC(=O)CSc2ccccc2F)ccc1O. The van der Waals surface area contributed by atoms with Crippen LogP contribution in [0, 0.1) is 5.82 Å². The average Bonchev–Trinajstić information content (AvgIpc) is 2.55. The number of ether oxygens (including phenoxy) is 1. The quantitative estimate of drug-likeness (QED) is 0.484. The minimum Gasteiger partial charge on any atom is -0.504 e. The van der Waals surface area contributed by atoms with E-state index in [-0.39, 0.29) is 23.2 Å². The van der Waals surface area contributed by atoms with Crippen LogP contribution in [0.15, 0.2) is 52.5 Å². The summed E-state index contributed by atoms with van der Waals surface area (Å²) in [7, 11) is 1.44. The zero-order valence-electron chi connectivity index (χ0n) is 12.3. The van der Waals surface area contributed by atoms with Crippen molar-refractivity contribution in [3.63, 3.8) is 0 Å². The molecule has 0 aromatic heterocycles. The molecule has 0 spiro atoms. The van der Waals surface area contributed by atoms with E-state index in [2.05, 4.69) is 10.5 Å². The molecule has 0 atom stereocenters. The van der Waals surface area contributed by atoms with Crippen LogP contribution in [-0.4, -0.2) is 30.1 Å². The lowest BCUT2D eigenvalue weighted by molar-refractivity contribution is -0.118. The van der Waals surface area contributed by atoms with Crippen molar-refractivity contribution in [2.75, 3.05) is 12.9 Å². The molecule has 120 valence electrons. The van der Waals surface area contributed by atoms with Gasteiger partial charge in [-0.05, 0) is 35.9 Å². The molecule has 5 nitrogen and oxygen atoms in total. The van der Waals surface area contributed by atoms with E-state index in [4.69, 9.17) is 4.74 Å². The van der Waals surface area contributed by atoms with Gasteiger partial charge >= 0.3 is 0 Å². The van der Waals surface area contributed by atoms with E-state index in [1.807, 2.05) is 0 Å². The molecular formula is C16H15FN2O3S. The van der Waals surface area contributed by atoms with E-state index in [0.717, 1.165) is 11.8 Å². The van der Waals surface area contributed by atoms with Gasteiger partial charge in [-0.15, -0.1) is 11.8 Å². The Labute approximate surface area is 137 Å². The first-order valence-corrected chi connectivity index (χ1v) is 7.65. The smallest absolute Gasteiger partial charge is 0.250 e. The number of rotatable bonds is 6. The summed E-state index contributed by atoms with van der Waals surface area (Å²) in [5, 5.41) is 13.3. The van der Waals surface area contributed by atoms with Crippen LogP contribution in [0.2, 0.25) is 0 Å². The fourth-order valence-corrected chi connectivity index (χ4v) is 2.42. The predicted molar refractivity (Wildman–Crippen MR) is 87.5 cm³/mol. The number of phenols is 1. The maximum absolute atomic E-state index is 13.4. The number of hydrogen-bond acceptors (Lipinski definition) is 5. The lowest BCUT2D eigenvalue weighted by atomic mass is 10.2. The Morgan fingerprint density at radius 3 is 2.91 bits per heavy atom. The summed E-state index contributed by atoms with van der Waals surface area (Å²) in [5.41, 5.74) is 3.01. The number of thioether (sulfide) groups is 1. The van der Waals surface area contributed by atoms with Crippen molar-refractivity contribution in [3.05, 3.63) is 53.8 Å². The average molecular weight is 334 g/mol. The Hall–Kier alpha value is -2.54. The van der Waals surface area contributed by atoms with E-state index in [9.17, 15) is 14.3 Å². The summed E-state index contributed by atoms with van der Waals surface area (Å²) in [4.78, 5) is 12.1. The molecule has 23 heavy (non-hydrogen) atoms. The molecule has 0 aliphatic rings. The fourth-order valence-electron chi connectivity index (χ4n) is 1.69. The summed E-state index contributed by atoms with van der Waals surface area (Å²) >= 11 is 1.10. The first kappa shape index (κ1) is 16.8. The topological polar surface area (TPSA) is 70.9 Å². The van der Waals surface area contributed by atoms with Crippen molar-refractivity contribution in [2.45, 2.75) is 4.90 Å². The second-order valence-electron chi connectivity index (χ2n) is 4.44. The van der Waals surface area contributed by atoms with Crippen molar-refractivity contribution in [1.82, 2.24) is 5.43 Å². The lowest BCUT2D eigenvalue weighted by Gasteiger charge is -2.04. The molecule has 0 bridgehead atoms. The Morgan fingerprint density at radius 2 is 2.17 bits per heavy atom. The molecule has 0 fully saturated rings. The molecule has 7 heteroatoms. The largest absolute Gasteiger partial charge is 0.504 e. The first-order chi connectivity index (χ1) is 11.1. The minimum atomic E-state index is -0.356. The van der Waals surface area contributed by atoms with Crippen LogP contribution in [0.4, 0.5) is 4.39 Å². The number of amides is 1. The molecule has 1 amide bonds. The third-order valence-corrected chi connectivity index (χ3v) is 3.85. The van der Waals surface area contributed by atoms with Crippen molar-refractivity contribution in [2.24, 2.45) is 5.10 Å². The standard InChI is InChI=1S/C16H15FN2O3S/c1-22-14-8-11(6-7-13(14)20)9-18-19-16(21)10-23-15-5-3-2-4-12(15)17/h2-9,20H,10H2,1H3,(H,19,21)/b18-9+. The first-order valence-electron chi connectivity index (χ1n) is 6.66. The summed E-state index contributed by atoms with van der Waals surface area (Å²) < 4.78 is 18.4. The molecule has 0 saturated heterocycles. The van der Waals surface area contributed by atoms with Crippen LogP contribution in [0.3, 0.4) is 0 Å². The summed E-state index contributed by atoms with van der Waals surface area (Å²) in [6.07, 6.45) is 1.42. The second kappa shape index (κ2) is 8.19. The van der Waals surface area contributed by atoms with Gasteiger partial charge in [0.15, 0.2) is 11.5 Å². The number of hydrazone groups is 1. The van der Waals surface area contributed by atoms with Crippen LogP contribution in [0.25, 0.3) is 0 Å². The van der Waals surface area contributed by atoms with E-state index in [1.165, 1.54) is 25.5 Å². The summed E-state index contributed by atoms with van der Waals surface area (Å²) in [6.45, 7) is 0. The molecular weight excluding hydrogens is 319 g/mol. The predicted octanol–water partition coefficient (Wildman–Crippen LogP) is 2.78. The van der Waals surface area contributed by atoms with E-state index in [0.29, 0.717) is 16.2 Å². The van der Waals surface area contributed by atoms with Crippen LogP contribution in [0.1, 0.15) is 5.56 Å². The molecule has 0 radical (unpaired) electrons. The van der Waals surface area contributed by atoms with Gasteiger partial charge < -0.3 is 9.84 Å². The molecule has 0 aliphatic carbocycles. The number of nitrogens with zero attached hydrogens (tertiary/aromatic N) is 1. The van der Waals surface area contributed by atoms with Gasteiger partial charge in [0.1, 0.15) is 5.82 Å². The fraction of sp³-hybridized carbons (Fsp3) is 0.125. The third-order valence-electron chi connectivity index (χ3n) is 2.80. The van der Waals surface area contributed by atoms with Crippen molar-refractivity contribution in [1.29, 1.82) is 0 Å². The van der Waals surface area contributed by atoms with Gasteiger partial charge in [-0.2, -0.15) is 5.10 Å². The van der Waals surface area contributed by atoms with Crippen molar-refractivity contribution < 1.29 is 19.0 Å². The van der Waals surface area contributed by atoms with Gasteiger partial charge in [0.2, 0.25) is 5.91 Å². The Kier molecular flexibility index (Phi) is 5.99. The molecule has 2 aromatic carbocycles. The molecule has 0 unspecified atom stereocenters. The van der Waals surface area contributed by atoms with Crippen LogP contribution >= 0.6 is 11.8 Å². The number of benzene rings is 2. The highest BCUT2D eigenvalue weighted by Crippen LogP contribution is 2.25. The summed E-state index contributed by atoms with van der Waals surface area (Å²) in [6, 6.07) is 10.9. The molecule has 2 rings (SSSR count). The minimum absolute atomic E-state index is 0.0231. The van der Waals surface area contributed by atoms with Gasteiger partial charge in [0, 0.05) is 4.90 Å². The molecule has 2 aromatic rings. The van der Waals surface area contributed by atoms with Crippen LogP contribution < -0.4 is 10.2 Å². The van der Waals surface area contributed by atoms with Gasteiger partial charge in [0.25, 0.3) is 0 Å². The number of phenolic OH excluding ortho intramolecular Hbond substituents is 1. The molecule has 0 aliphatic heterocycles. The van der Waals surface area contributed by atoms with Gasteiger partial charge in [-0.1, -0.05) is 12.1 Å². The Morgan fingerprint density at radius 1 is 1.39 bits per heavy atom. The number of hydrogen-bond donors (Lipinski definition) is 2. The highest BCUT2D eigenvalue weighted by Gasteiger charge is 2.05. The van der Waals surface area contributed by atoms with E-state index in [1.54, 1.807) is 30.3 Å². The van der Waals surface area contributed by atoms with Crippen molar-refractivity contribution in [3.8, 4) is 11.5 Å². The number of nitrogens with one attached hydrogen (secondary N) is 1. The van der Waals surface area contributed by atoms with E-state index >= 15 is 0 Å². The Bertz CT molecular complexity index is 722. The van der Waals surface area contributed by atoms with Crippen LogP contribution in [-0.2, 0) is 4.79 Å². The zero-order chi connectivity index (χ0) is 16.7. The van der Waals surface area contributed by atoms with Crippen molar-refractivity contribution >= 4 is 23.9 Å². The molecule has 0 saturated carbocycles. The highest BCUT2D eigenvalue weighted by molar-refractivity contribution is 8.00. The maximum atomic E-state index is 13.4. The molecule has 0 heterocycles. The Balaban J connectivity index is 1.85. The number of carbonyl (C=O) groups excluding carboxylic acids is 1. The number of aromatic hydroxyl groups is 1. The van der Waals surface area contributed by atoms with Gasteiger partial charge in [-0.3, -0.25) is 4.79 Å². The highest BCUT2D eigenvalue weighted by atomic mass is 32.2. The maximum Gasteiger partial charge on any atom is 0.250 e. The molecule has 2 N–H and O–H groups in total. The monoisotopic (exact) mass is 334 g/mol. The zero-order valence-corrected chi connectivity index (χ0v) is 13.1. The van der Waals surface area contributed by atoms with Gasteiger partial charge in [-0.25, -0.2) is 9.82 Å². The third kappa shape index (κ3) is 5.00. The van der Waals surface area contributed by atoms with Gasteiger partial charge in [0.05, 0.1) is 19.1 Å². The lowest BCUT2D eigenvalue weighted by Crippen LogP contribution is -2.19. The summed E-state index contributed by atoms with van der Waals surface area (Å²) in [5.74, 6) is -0.312.